The molecule has 0 radical (unpaired) electrons. The van der Waals surface area contributed by atoms with E-state index in [1.54, 1.807) is 0 Å². The predicted octanol–water partition coefficient (Wildman–Crippen LogP) is 18.9. The van der Waals surface area contributed by atoms with Crippen LogP contribution in [-0.4, -0.2) is 0 Å². The third kappa shape index (κ3) is 6.71. The molecule has 13 rings (SSSR count). The standard InChI is InChI=1S/C64H41NOS/c1-3-15-43(16-4-1)50-39-34-47(41-59(50)44-17-5-2-6-18-44)42-29-35-48(36-30-42)65(49-37-31-46(32-38-49)52-23-13-26-58-54-22-10-12-28-61(54)67-64(52)58)60-27-11-9-21-53(60)55-24-14-25-56-57-40-33-45-19-7-8-20-51(45)62(57)66-63(55)56/h1-41H. The van der Waals surface area contributed by atoms with Crippen molar-refractivity contribution in [3.8, 4) is 55.6 Å². The first-order valence-electron chi connectivity index (χ1n) is 22.8. The molecule has 0 amide bonds. The molecule has 0 spiro atoms. The molecule has 2 nitrogen and oxygen atoms in total. The lowest BCUT2D eigenvalue weighted by Gasteiger charge is -2.28. The van der Waals surface area contributed by atoms with Crippen LogP contribution in [0.1, 0.15) is 0 Å². The predicted molar refractivity (Wildman–Crippen MR) is 286 cm³/mol. The topological polar surface area (TPSA) is 16.4 Å². The van der Waals surface area contributed by atoms with Crippen LogP contribution in [0.25, 0.3) is 109 Å². The van der Waals surface area contributed by atoms with E-state index in [9.17, 15) is 0 Å². The first-order chi connectivity index (χ1) is 33.2. The zero-order valence-corrected chi connectivity index (χ0v) is 37.3. The van der Waals surface area contributed by atoms with Gasteiger partial charge in [-0.2, -0.15) is 0 Å². The fourth-order valence-corrected chi connectivity index (χ4v) is 11.3. The van der Waals surface area contributed by atoms with Crippen molar-refractivity contribution in [2.45, 2.75) is 0 Å². The number of hydrogen-bond donors (Lipinski definition) is 0. The molecule has 2 aromatic heterocycles. The van der Waals surface area contributed by atoms with Crippen LogP contribution in [0.4, 0.5) is 17.1 Å². The maximum atomic E-state index is 6.94. The molecule has 0 saturated heterocycles. The highest BCUT2D eigenvalue weighted by molar-refractivity contribution is 7.26. The summed E-state index contributed by atoms with van der Waals surface area (Å²) in [5.41, 5.74) is 16.7. The van der Waals surface area contributed by atoms with Crippen molar-refractivity contribution in [3.63, 3.8) is 0 Å². The molecule has 3 heteroatoms. The Kier molecular flexibility index (Phi) is 9.40. The number of rotatable bonds is 8. The molecule has 67 heavy (non-hydrogen) atoms. The molecule has 314 valence electrons. The zero-order valence-electron chi connectivity index (χ0n) is 36.4. The number of nitrogens with zero attached hydrogens (tertiary/aromatic N) is 1. The van der Waals surface area contributed by atoms with Gasteiger partial charge in [0.05, 0.1) is 5.69 Å². The van der Waals surface area contributed by atoms with Crippen molar-refractivity contribution >= 4 is 81.3 Å². The summed E-state index contributed by atoms with van der Waals surface area (Å²) in [6, 6.07) is 90.0. The van der Waals surface area contributed by atoms with E-state index in [1.165, 1.54) is 64.5 Å². The molecular weight excluding hydrogens is 831 g/mol. The number of furan rings is 1. The van der Waals surface area contributed by atoms with Crippen molar-refractivity contribution in [1.29, 1.82) is 0 Å². The Hall–Kier alpha value is -8.50. The average Bonchev–Trinajstić information content (AvgIpc) is 3.99. The van der Waals surface area contributed by atoms with Gasteiger partial charge in [-0.15, -0.1) is 11.3 Å². The summed E-state index contributed by atoms with van der Waals surface area (Å²) >= 11 is 1.87. The van der Waals surface area contributed by atoms with Crippen LogP contribution >= 0.6 is 11.3 Å². The Morgan fingerprint density at radius 3 is 1.63 bits per heavy atom. The van der Waals surface area contributed by atoms with E-state index in [1.807, 2.05) is 11.3 Å². The molecule has 2 heterocycles. The second kappa shape index (κ2) is 16.2. The molecule has 0 fully saturated rings. The SMILES string of the molecule is c1ccc(-c2ccc(-c3ccc(N(c4ccc(-c5cccc6c5sc5ccccc56)cc4)c4ccccc4-c4cccc5c4oc4c6ccccc6ccc54)cc3)cc2-c2ccccc2)cc1. The first kappa shape index (κ1) is 38.9. The Morgan fingerprint density at radius 2 is 0.851 bits per heavy atom. The van der Waals surface area contributed by atoms with Crippen molar-refractivity contribution in [2.24, 2.45) is 0 Å². The van der Waals surface area contributed by atoms with Gasteiger partial charge in [-0.3, -0.25) is 0 Å². The second-order valence-electron chi connectivity index (χ2n) is 17.2. The van der Waals surface area contributed by atoms with E-state index in [2.05, 4.69) is 254 Å². The largest absolute Gasteiger partial charge is 0.455 e. The molecule has 0 aliphatic rings. The van der Waals surface area contributed by atoms with Gasteiger partial charge in [-0.25, -0.2) is 0 Å². The van der Waals surface area contributed by atoms with Crippen LogP contribution < -0.4 is 4.90 Å². The first-order valence-corrected chi connectivity index (χ1v) is 23.6. The molecule has 0 unspecified atom stereocenters. The summed E-state index contributed by atoms with van der Waals surface area (Å²) < 4.78 is 9.57. The minimum absolute atomic E-state index is 0.886. The molecular formula is C64H41NOS. The van der Waals surface area contributed by atoms with Crippen LogP contribution in [0.15, 0.2) is 253 Å². The third-order valence-corrected chi connectivity index (χ3v) is 14.5. The van der Waals surface area contributed by atoms with Gasteiger partial charge in [0, 0.05) is 58.8 Å². The molecule has 11 aromatic carbocycles. The smallest absolute Gasteiger partial charge is 0.143 e. The highest BCUT2D eigenvalue weighted by Gasteiger charge is 2.22. The number of thiophene rings is 1. The highest BCUT2D eigenvalue weighted by Crippen LogP contribution is 2.47. The van der Waals surface area contributed by atoms with Crippen LogP contribution in [-0.2, 0) is 0 Å². The fourth-order valence-electron chi connectivity index (χ4n) is 10.1. The Balaban J connectivity index is 0.958. The van der Waals surface area contributed by atoms with Gasteiger partial charge in [0.15, 0.2) is 0 Å². The number of hydrogen-bond acceptors (Lipinski definition) is 3. The second-order valence-corrected chi connectivity index (χ2v) is 18.2. The number of para-hydroxylation sites is 2. The highest BCUT2D eigenvalue weighted by atomic mass is 32.1. The van der Waals surface area contributed by atoms with Gasteiger partial charge < -0.3 is 9.32 Å². The maximum Gasteiger partial charge on any atom is 0.143 e. The van der Waals surface area contributed by atoms with Crippen LogP contribution in [0, 0.1) is 0 Å². The molecule has 0 N–H and O–H groups in total. The van der Waals surface area contributed by atoms with Crippen molar-refractivity contribution < 1.29 is 4.42 Å². The van der Waals surface area contributed by atoms with E-state index in [-0.39, 0.29) is 0 Å². The Labute approximate surface area is 392 Å². The summed E-state index contributed by atoms with van der Waals surface area (Å²) in [4.78, 5) is 2.40. The summed E-state index contributed by atoms with van der Waals surface area (Å²) in [5.74, 6) is 0. The third-order valence-electron chi connectivity index (χ3n) is 13.3. The summed E-state index contributed by atoms with van der Waals surface area (Å²) in [5, 5.41) is 7.13. The summed E-state index contributed by atoms with van der Waals surface area (Å²) in [7, 11) is 0. The quantitative estimate of drug-likeness (QED) is 0.151. The van der Waals surface area contributed by atoms with Gasteiger partial charge in [0.2, 0.25) is 0 Å². The van der Waals surface area contributed by atoms with E-state index >= 15 is 0 Å². The molecule has 0 bridgehead atoms. The van der Waals surface area contributed by atoms with Gasteiger partial charge in [-0.1, -0.05) is 200 Å². The Bertz CT molecular complexity index is 3960. The maximum absolute atomic E-state index is 6.94. The Morgan fingerprint density at radius 1 is 0.299 bits per heavy atom. The number of fused-ring (bicyclic) bond motifs is 8. The van der Waals surface area contributed by atoms with Gasteiger partial charge in [0.25, 0.3) is 0 Å². The van der Waals surface area contributed by atoms with Crippen molar-refractivity contribution in [3.05, 3.63) is 249 Å². The summed E-state index contributed by atoms with van der Waals surface area (Å²) in [6.45, 7) is 0. The normalized spacial score (nSPS) is 11.6. The van der Waals surface area contributed by atoms with Gasteiger partial charge in [-0.05, 0) is 98.4 Å². The van der Waals surface area contributed by atoms with Crippen LogP contribution in [0.2, 0.25) is 0 Å². The van der Waals surface area contributed by atoms with Crippen molar-refractivity contribution in [1.82, 2.24) is 0 Å². The van der Waals surface area contributed by atoms with Gasteiger partial charge >= 0.3 is 0 Å². The lowest BCUT2D eigenvalue weighted by Crippen LogP contribution is -2.11. The minimum atomic E-state index is 0.886. The molecule has 0 atom stereocenters. The van der Waals surface area contributed by atoms with Crippen LogP contribution in [0.3, 0.4) is 0 Å². The number of benzene rings is 11. The molecule has 0 saturated carbocycles. The van der Waals surface area contributed by atoms with E-state index < -0.39 is 0 Å². The number of anilines is 3. The monoisotopic (exact) mass is 871 g/mol. The molecule has 13 aromatic rings. The zero-order chi connectivity index (χ0) is 44.3. The van der Waals surface area contributed by atoms with E-state index in [0.717, 1.165) is 61.1 Å². The molecule has 0 aliphatic heterocycles. The average molecular weight is 872 g/mol. The molecule has 0 aliphatic carbocycles. The van der Waals surface area contributed by atoms with Gasteiger partial charge in [0.1, 0.15) is 11.2 Å². The lowest BCUT2D eigenvalue weighted by molar-refractivity contribution is 0.674. The van der Waals surface area contributed by atoms with E-state index in [0.29, 0.717) is 0 Å². The van der Waals surface area contributed by atoms with E-state index in [4.69, 9.17) is 4.42 Å². The van der Waals surface area contributed by atoms with Crippen LogP contribution in [0.5, 0.6) is 0 Å². The minimum Gasteiger partial charge on any atom is -0.455 e. The lowest BCUT2D eigenvalue weighted by atomic mass is 9.91. The van der Waals surface area contributed by atoms with Crippen molar-refractivity contribution in [2.75, 3.05) is 4.90 Å². The fraction of sp³-hybridized carbons (Fsp3) is 0. The summed E-state index contributed by atoms with van der Waals surface area (Å²) in [6.07, 6.45) is 0.